The van der Waals surface area contributed by atoms with Crippen molar-refractivity contribution in [3.8, 4) is 10.4 Å². The summed E-state index contributed by atoms with van der Waals surface area (Å²) in [7, 11) is 0. The standard InChI is InChI=1S/C18H13NO2S/c20-11-13-1-5-15(6-2-13)19-16-7-3-14(4-8-16)18-10-9-17(12-21)22-18/h1-12,19H. The van der Waals surface area contributed by atoms with E-state index in [4.69, 9.17) is 0 Å². The lowest BCUT2D eigenvalue weighted by Crippen LogP contribution is -1.90. The summed E-state index contributed by atoms with van der Waals surface area (Å²) in [5, 5.41) is 3.28. The second-order valence-electron chi connectivity index (χ2n) is 4.76. The highest BCUT2D eigenvalue weighted by Gasteiger charge is 2.02. The van der Waals surface area contributed by atoms with Gasteiger partial charge in [0, 0.05) is 21.8 Å². The maximum absolute atomic E-state index is 10.7. The Labute approximate surface area is 132 Å². The van der Waals surface area contributed by atoms with Crippen LogP contribution in [0.15, 0.2) is 60.7 Å². The maximum atomic E-state index is 10.7. The minimum absolute atomic E-state index is 0.657. The lowest BCUT2D eigenvalue weighted by molar-refractivity contribution is 0.111. The molecule has 0 saturated heterocycles. The Morgan fingerprint density at radius 3 is 1.91 bits per heavy atom. The van der Waals surface area contributed by atoms with Gasteiger partial charge < -0.3 is 5.32 Å². The molecular weight excluding hydrogens is 294 g/mol. The first kappa shape index (κ1) is 14.2. The van der Waals surface area contributed by atoms with Gasteiger partial charge in [-0.3, -0.25) is 9.59 Å². The molecule has 4 heteroatoms. The number of thiophene rings is 1. The molecule has 0 aliphatic heterocycles. The fraction of sp³-hybridized carbons (Fsp3) is 0. The van der Waals surface area contributed by atoms with Gasteiger partial charge in [0.05, 0.1) is 4.88 Å². The van der Waals surface area contributed by atoms with Crippen molar-refractivity contribution in [1.82, 2.24) is 0 Å². The van der Waals surface area contributed by atoms with Gasteiger partial charge >= 0.3 is 0 Å². The molecule has 0 spiro atoms. The number of hydrogen-bond donors (Lipinski definition) is 1. The molecular formula is C18H13NO2S. The SMILES string of the molecule is O=Cc1ccc(Nc2ccc(-c3ccc(C=O)s3)cc2)cc1. The highest BCUT2D eigenvalue weighted by atomic mass is 32.1. The van der Waals surface area contributed by atoms with Gasteiger partial charge in [-0.2, -0.15) is 0 Å². The van der Waals surface area contributed by atoms with Crippen LogP contribution in [-0.4, -0.2) is 12.6 Å². The third kappa shape index (κ3) is 3.13. The Hall–Kier alpha value is -2.72. The van der Waals surface area contributed by atoms with E-state index in [9.17, 15) is 9.59 Å². The van der Waals surface area contributed by atoms with Gasteiger partial charge in [-0.25, -0.2) is 0 Å². The molecule has 0 aliphatic carbocycles. The molecule has 0 atom stereocenters. The van der Waals surface area contributed by atoms with E-state index in [-0.39, 0.29) is 0 Å². The summed E-state index contributed by atoms with van der Waals surface area (Å²) >= 11 is 1.48. The maximum Gasteiger partial charge on any atom is 0.160 e. The average Bonchev–Trinajstić information content (AvgIpc) is 3.05. The third-order valence-corrected chi connectivity index (χ3v) is 4.31. The van der Waals surface area contributed by atoms with E-state index < -0.39 is 0 Å². The van der Waals surface area contributed by atoms with E-state index in [1.807, 2.05) is 48.5 Å². The number of nitrogens with one attached hydrogen (secondary N) is 1. The molecule has 0 saturated carbocycles. The van der Waals surface area contributed by atoms with Crippen LogP contribution in [0.2, 0.25) is 0 Å². The highest BCUT2D eigenvalue weighted by Crippen LogP contribution is 2.28. The van der Waals surface area contributed by atoms with Gasteiger partial charge in [0.15, 0.2) is 6.29 Å². The van der Waals surface area contributed by atoms with Crippen LogP contribution < -0.4 is 5.32 Å². The number of carbonyl (C=O) groups excluding carboxylic acids is 2. The van der Waals surface area contributed by atoms with Crippen molar-refractivity contribution >= 4 is 35.3 Å². The van der Waals surface area contributed by atoms with E-state index in [1.165, 1.54) is 11.3 Å². The molecule has 0 fully saturated rings. The summed E-state index contributed by atoms with van der Waals surface area (Å²) in [6, 6.07) is 19.1. The predicted molar refractivity (Wildman–Crippen MR) is 90.3 cm³/mol. The highest BCUT2D eigenvalue weighted by molar-refractivity contribution is 7.17. The van der Waals surface area contributed by atoms with Gasteiger partial charge in [0.1, 0.15) is 6.29 Å². The van der Waals surface area contributed by atoms with Crippen molar-refractivity contribution in [2.24, 2.45) is 0 Å². The van der Waals surface area contributed by atoms with Crippen molar-refractivity contribution in [3.05, 3.63) is 71.1 Å². The molecule has 0 amide bonds. The van der Waals surface area contributed by atoms with Crippen molar-refractivity contribution in [2.75, 3.05) is 5.32 Å². The largest absolute Gasteiger partial charge is 0.356 e. The molecule has 108 valence electrons. The van der Waals surface area contributed by atoms with Crippen LogP contribution >= 0.6 is 11.3 Å². The van der Waals surface area contributed by atoms with Crippen LogP contribution in [0.4, 0.5) is 11.4 Å². The molecule has 0 bridgehead atoms. The summed E-state index contributed by atoms with van der Waals surface area (Å²) in [6.07, 6.45) is 1.69. The lowest BCUT2D eigenvalue weighted by atomic mass is 10.1. The third-order valence-electron chi connectivity index (χ3n) is 3.25. The topological polar surface area (TPSA) is 46.2 Å². The lowest BCUT2D eigenvalue weighted by Gasteiger charge is -2.07. The fourth-order valence-electron chi connectivity index (χ4n) is 2.10. The molecule has 0 radical (unpaired) electrons. The summed E-state index contributed by atoms with van der Waals surface area (Å²) in [6.45, 7) is 0. The van der Waals surface area contributed by atoms with Crippen LogP contribution in [0.3, 0.4) is 0 Å². The zero-order chi connectivity index (χ0) is 15.4. The number of carbonyl (C=O) groups is 2. The minimum atomic E-state index is 0.657. The van der Waals surface area contributed by atoms with Crippen LogP contribution in [0.5, 0.6) is 0 Å². The number of benzene rings is 2. The van der Waals surface area contributed by atoms with Crippen molar-refractivity contribution < 1.29 is 9.59 Å². The van der Waals surface area contributed by atoms with Gasteiger partial charge in [-0.1, -0.05) is 12.1 Å². The normalized spacial score (nSPS) is 10.2. The van der Waals surface area contributed by atoms with Crippen LogP contribution in [0.25, 0.3) is 10.4 Å². The van der Waals surface area contributed by atoms with E-state index in [2.05, 4.69) is 5.32 Å². The van der Waals surface area contributed by atoms with Crippen LogP contribution in [0, 0.1) is 0 Å². The first-order valence-electron chi connectivity index (χ1n) is 6.76. The zero-order valence-electron chi connectivity index (χ0n) is 11.7. The van der Waals surface area contributed by atoms with E-state index in [0.29, 0.717) is 5.56 Å². The minimum Gasteiger partial charge on any atom is -0.356 e. The van der Waals surface area contributed by atoms with E-state index in [0.717, 1.165) is 39.3 Å². The monoisotopic (exact) mass is 307 g/mol. The Morgan fingerprint density at radius 2 is 1.36 bits per heavy atom. The average molecular weight is 307 g/mol. The van der Waals surface area contributed by atoms with E-state index in [1.54, 1.807) is 12.1 Å². The van der Waals surface area contributed by atoms with Crippen LogP contribution in [0.1, 0.15) is 20.0 Å². The number of rotatable bonds is 5. The number of hydrogen-bond acceptors (Lipinski definition) is 4. The first-order valence-corrected chi connectivity index (χ1v) is 7.58. The van der Waals surface area contributed by atoms with Crippen molar-refractivity contribution in [2.45, 2.75) is 0 Å². The number of aldehydes is 2. The predicted octanol–water partition coefficient (Wildman–Crippen LogP) is 4.78. The Kier molecular flexibility index (Phi) is 4.12. The second-order valence-corrected chi connectivity index (χ2v) is 5.88. The Bertz CT molecular complexity index is 789. The summed E-state index contributed by atoms with van der Waals surface area (Å²) in [4.78, 5) is 23.2. The Morgan fingerprint density at radius 1 is 0.727 bits per heavy atom. The zero-order valence-corrected chi connectivity index (χ0v) is 12.5. The molecule has 3 aromatic rings. The molecule has 1 aromatic heterocycles. The van der Waals surface area contributed by atoms with E-state index >= 15 is 0 Å². The molecule has 1 N–H and O–H groups in total. The smallest absolute Gasteiger partial charge is 0.160 e. The molecule has 0 unspecified atom stereocenters. The van der Waals surface area contributed by atoms with Gasteiger partial charge in [0.2, 0.25) is 0 Å². The van der Waals surface area contributed by atoms with Crippen molar-refractivity contribution in [1.29, 1.82) is 0 Å². The molecule has 3 nitrogen and oxygen atoms in total. The van der Waals surface area contributed by atoms with Crippen molar-refractivity contribution in [3.63, 3.8) is 0 Å². The van der Waals surface area contributed by atoms with Gasteiger partial charge in [0.25, 0.3) is 0 Å². The molecule has 1 heterocycles. The number of anilines is 2. The molecule has 2 aromatic carbocycles. The molecule has 22 heavy (non-hydrogen) atoms. The molecule has 3 rings (SSSR count). The van der Waals surface area contributed by atoms with Gasteiger partial charge in [-0.15, -0.1) is 11.3 Å². The summed E-state index contributed by atoms with van der Waals surface area (Å²) in [5.41, 5.74) is 3.64. The first-order chi connectivity index (χ1) is 10.8. The molecule has 0 aliphatic rings. The second kappa shape index (κ2) is 6.37. The Balaban J connectivity index is 1.75. The summed E-state index contributed by atoms with van der Waals surface area (Å²) in [5.74, 6) is 0. The fourth-order valence-corrected chi connectivity index (χ4v) is 2.93. The van der Waals surface area contributed by atoms with Gasteiger partial charge in [-0.05, 0) is 54.1 Å². The quantitative estimate of drug-likeness (QED) is 0.690. The van der Waals surface area contributed by atoms with Crippen LogP contribution in [-0.2, 0) is 0 Å². The summed E-state index contributed by atoms with van der Waals surface area (Å²) < 4.78 is 0.